The van der Waals surface area contributed by atoms with Crippen molar-refractivity contribution < 1.29 is 13.9 Å². The first-order chi connectivity index (χ1) is 14.7. The van der Waals surface area contributed by atoms with Crippen molar-refractivity contribution in [3.8, 4) is 5.75 Å². The van der Waals surface area contributed by atoms with E-state index in [2.05, 4.69) is 17.0 Å². The van der Waals surface area contributed by atoms with Crippen molar-refractivity contribution >= 4 is 16.9 Å². The number of carbonyl (C=O) groups is 1. The number of furan rings is 1. The molecule has 3 heterocycles. The Labute approximate surface area is 177 Å². The fourth-order valence-electron chi connectivity index (χ4n) is 4.76. The monoisotopic (exact) mass is 404 g/mol. The van der Waals surface area contributed by atoms with Gasteiger partial charge >= 0.3 is 0 Å². The molecule has 1 aromatic heterocycles. The number of fused-ring (bicyclic) bond motifs is 4. The largest absolute Gasteiger partial charge is 0.490 e. The molecule has 0 fully saturated rings. The van der Waals surface area contributed by atoms with Gasteiger partial charge in [-0.05, 0) is 43.9 Å². The highest BCUT2D eigenvalue weighted by Gasteiger charge is 2.26. The molecule has 0 aliphatic carbocycles. The van der Waals surface area contributed by atoms with E-state index < -0.39 is 0 Å². The van der Waals surface area contributed by atoms with Crippen LogP contribution >= 0.6 is 0 Å². The second-order valence-corrected chi connectivity index (χ2v) is 8.15. The highest BCUT2D eigenvalue weighted by Crippen LogP contribution is 2.35. The predicted molar refractivity (Wildman–Crippen MR) is 117 cm³/mol. The molecule has 5 rings (SSSR count). The van der Waals surface area contributed by atoms with E-state index in [0.717, 1.165) is 74.6 Å². The second-order valence-electron chi connectivity index (χ2n) is 8.15. The third kappa shape index (κ3) is 3.47. The summed E-state index contributed by atoms with van der Waals surface area (Å²) in [4.78, 5) is 17.4. The average molecular weight is 405 g/mol. The number of rotatable bonds is 5. The number of aryl methyl sites for hydroxylation is 1. The number of carbonyl (C=O) groups excluding carboxylic acids is 1. The molecule has 5 heteroatoms. The fraction of sp³-hybridized carbons (Fsp3) is 0.400. The van der Waals surface area contributed by atoms with E-state index in [-0.39, 0.29) is 5.91 Å². The zero-order valence-electron chi connectivity index (χ0n) is 17.5. The Bertz CT molecular complexity index is 1070. The second kappa shape index (κ2) is 8.15. The highest BCUT2D eigenvalue weighted by molar-refractivity contribution is 5.96. The van der Waals surface area contributed by atoms with Gasteiger partial charge in [-0.1, -0.05) is 30.3 Å². The van der Waals surface area contributed by atoms with Crippen LogP contribution in [0, 0.1) is 0 Å². The molecule has 0 atom stereocenters. The Morgan fingerprint density at radius 3 is 2.83 bits per heavy atom. The van der Waals surface area contributed by atoms with Crippen molar-refractivity contribution in [2.24, 2.45) is 0 Å². The summed E-state index contributed by atoms with van der Waals surface area (Å²) < 4.78 is 12.0. The summed E-state index contributed by atoms with van der Waals surface area (Å²) in [6.07, 6.45) is 2.97. The zero-order chi connectivity index (χ0) is 20.5. The smallest absolute Gasteiger partial charge is 0.254 e. The minimum Gasteiger partial charge on any atom is -0.490 e. The number of hydrogen-bond acceptors (Lipinski definition) is 4. The number of benzene rings is 2. The number of ether oxygens (including phenoxy) is 1. The van der Waals surface area contributed by atoms with Gasteiger partial charge in [-0.3, -0.25) is 9.69 Å². The van der Waals surface area contributed by atoms with Gasteiger partial charge in [0.2, 0.25) is 0 Å². The zero-order valence-corrected chi connectivity index (χ0v) is 17.5. The molecule has 0 unspecified atom stereocenters. The summed E-state index contributed by atoms with van der Waals surface area (Å²) in [7, 11) is 0. The van der Waals surface area contributed by atoms with Crippen molar-refractivity contribution in [1.29, 1.82) is 0 Å². The van der Waals surface area contributed by atoms with Gasteiger partial charge in [-0.15, -0.1) is 0 Å². The maximum Gasteiger partial charge on any atom is 0.254 e. The maximum absolute atomic E-state index is 13.0. The van der Waals surface area contributed by atoms with Crippen molar-refractivity contribution in [2.75, 3.05) is 32.8 Å². The number of nitrogens with zero attached hydrogens (tertiary/aromatic N) is 2. The molecule has 0 saturated carbocycles. The van der Waals surface area contributed by atoms with Gasteiger partial charge < -0.3 is 14.1 Å². The summed E-state index contributed by atoms with van der Waals surface area (Å²) in [5, 5.41) is 1.18. The lowest BCUT2D eigenvalue weighted by Gasteiger charge is -2.29. The minimum atomic E-state index is 0.172. The van der Waals surface area contributed by atoms with Crippen LogP contribution in [0.5, 0.6) is 5.75 Å². The molecule has 156 valence electrons. The SMILES string of the molecule is CCOc1cccc2c3c(oc12)CN(CCN1CCCc2ccccc2C1=O)CC3. The van der Waals surface area contributed by atoms with Crippen molar-refractivity contribution in [3.63, 3.8) is 0 Å². The molecule has 0 saturated heterocycles. The summed E-state index contributed by atoms with van der Waals surface area (Å²) in [6, 6.07) is 14.2. The minimum absolute atomic E-state index is 0.172. The van der Waals surface area contributed by atoms with Crippen LogP contribution < -0.4 is 4.74 Å². The molecule has 3 aromatic rings. The van der Waals surface area contributed by atoms with Gasteiger partial charge in [0.15, 0.2) is 11.3 Å². The highest BCUT2D eigenvalue weighted by atomic mass is 16.5. The van der Waals surface area contributed by atoms with Crippen LogP contribution in [0.3, 0.4) is 0 Å². The van der Waals surface area contributed by atoms with Crippen molar-refractivity contribution in [3.05, 3.63) is 64.9 Å². The molecular formula is C25H28N2O3. The van der Waals surface area contributed by atoms with Crippen LogP contribution in [0.15, 0.2) is 46.9 Å². The summed E-state index contributed by atoms with van der Waals surface area (Å²) in [6.45, 7) is 6.84. The Hall–Kier alpha value is -2.79. The lowest BCUT2D eigenvalue weighted by Crippen LogP contribution is -2.40. The van der Waals surface area contributed by atoms with E-state index in [4.69, 9.17) is 9.15 Å². The first kappa shape index (κ1) is 19.2. The normalized spacial score (nSPS) is 17.0. The van der Waals surface area contributed by atoms with Crippen LogP contribution in [-0.2, 0) is 19.4 Å². The molecule has 0 radical (unpaired) electrons. The molecule has 2 aliphatic rings. The van der Waals surface area contributed by atoms with E-state index in [1.165, 1.54) is 16.5 Å². The number of para-hydroxylation sites is 1. The van der Waals surface area contributed by atoms with Gasteiger partial charge in [-0.25, -0.2) is 0 Å². The molecule has 2 aromatic carbocycles. The van der Waals surface area contributed by atoms with Gasteiger partial charge in [0, 0.05) is 42.7 Å². The van der Waals surface area contributed by atoms with Crippen LogP contribution in [0.25, 0.3) is 11.0 Å². The third-order valence-electron chi connectivity index (χ3n) is 6.31. The lowest BCUT2D eigenvalue weighted by molar-refractivity contribution is 0.0734. The molecule has 2 aliphatic heterocycles. The quantitative estimate of drug-likeness (QED) is 0.637. The molecular weight excluding hydrogens is 376 g/mol. The fourth-order valence-corrected chi connectivity index (χ4v) is 4.76. The summed E-state index contributed by atoms with van der Waals surface area (Å²) >= 11 is 0. The van der Waals surface area contributed by atoms with Gasteiger partial charge in [-0.2, -0.15) is 0 Å². The first-order valence-electron chi connectivity index (χ1n) is 11.0. The topological polar surface area (TPSA) is 45.9 Å². The molecule has 0 spiro atoms. The van der Waals surface area contributed by atoms with Crippen molar-refractivity contribution in [1.82, 2.24) is 9.80 Å². The van der Waals surface area contributed by atoms with Crippen molar-refractivity contribution in [2.45, 2.75) is 32.7 Å². The maximum atomic E-state index is 13.0. The summed E-state index contributed by atoms with van der Waals surface area (Å²) in [5.74, 6) is 2.03. The van der Waals surface area contributed by atoms with E-state index in [1.54, 1.807) is 0 Å². The molecule has 5 nitrogen and oxygen atoms in total. The van der Waals surface area contributed by atoms with Crippen LogP contribution in [0.2, 0.25) is 0 Å². The van der Waals surface area contributed by atoms with E-state index in [1.807, 2.05) is 42.2 Å². The molecule has 30 heavy (non-hydrogen) atoms. The Kier molecular flexibility index (Phi) is 5.21. The Morgan fingerprint density at radius 1 is 1.03 bits per heavy atom. The summed E-state index contributed by atoms with van der Waals surface area (Å²) in [5.41, 5.74) is 4.23. The molecule has 0 bridgehead atoms. The molecule has 1 amide bonds. The van der Waals surface area contributed by atoms with Gasteiger partial charge in [0.1, 0.15) is 5.76 Å². The van der Waals surface area contributed by atoms with E-state index >= 15 is 0 Å². The number of amides is 1. The van der Waals surface area contributed by atoms with Gasteiger partial charge in [0.05, 0.1) is 13.2 Å². The van der Waals surface area contributed by atoms with E-state index in [0.29, 0.717) is 6.61 Å². The Balaban J connectivity index is 1.29. The van der Waals surface area contributed by atoms with Crippen LogP contribution in [0.4, 0.5) is 0 Å². The number of hydrogen-bond donors (Lipinski definition) is 0. The van der Waals surface area contributed by atoms with E-state index in [9.17, 15) is 4.79 Å². The Morgan fingerprint density at radius 2 is 1.93 bits per heavy atom. The van der Waals surface area contributed by atoms with Crippen LogP contribution in [-0.4, -0.2) is 48.5 Å². The standard InChI is InChI=1S/C25H28N2O3/c1-2-29-22-11-5-10-21-20-12-14-26(17-23(20)30-24(21)22)15-16-27-13-6-8-18-7-3-4-9-19(18)25(27)28/h3-5,7,9-11H,2,6,8,12-17H2,1H3. The van der Waals surface area contributed by atoms with Gasteiger partial charge in [0.25, 0.3) is 5.91 Å². The lowest BCUT2D eigenvalue weighted by atomic mass is 10.0. The average Bonchev–Trinajstić information content (AvgIpc) is 3.07. The van der Waals surface area contributed by atoms with Crippen LogP contribution in [0.1, 0.15) is 40.6 Å². The first-order valence-corrected chi connectivity index (χ1v) is 11.0. The third-order valence-corrected chi connectivity index (χ3v) is 6.31. The predicted octanol–water partition coefficient (Wildman–Crippen LogP) is 4.28. The molecule has 0 N–H and O–H groups in total.